The molecular weight excluding hydrogens is 429 g/mol. The van der Waals surface area contributed by atoms with Crippen molar-refractivity contribution in [2.75, 3.05) is 14.2 Å². The fourth-order valence-electron chi connectivity index (χ4n) is 3.08. The molecule has 1 N–H and O–H groups in total. The number of pyridine rings is 1. The molecule has 0 aliphatic carbocycles. The molecule has 2 aromatic carbocycles. The highest BCUT2D eigenvalue weighted by Crippen LogP contribution is 2.30. The molecule has 0 aliphatic rings. The Labute approximate surface area is 167 Å². The Morgan fingerprint density at radius 2 is 1.89 bits per heavy atom. The first kappa shape index (κ1) is 18.4. The van der Waals surface area contributed by atoms with Crippen molar-refractivity contribution in [1.82, 2.24) is 15.0 Å². The van der Waals surface area contributed by atoms with Gasteiger partial charge in [0, 0.05) is 24.1 Å². The number of methoxy groups -OCH3 is 2. The summed E-state index contributed by atoms with van der Waals surface area (Å²) in [5, 5.41) is 1.21. The van der Waals surface area contributed by atoms with Crippen molar-refractivity contribution in [2.45, 2.75) is 6.42 Å². The smallest absolute Gasteiger partial charge is 0.258 e. The fraction of sp³-hybridized carbons (Fsp3) is 0.150. The van der Waals surface area contributed by atoms with Gasteiger partial charge in [0.1, 0.15) is 11.6 Å². The highest BCUT2D eigenvalue weighted by molar-refractivity contribution is 9.10. The average Bonchev–Trinajstić information content (AvgIpc) is 2.70. The number of nitrogens with zero attached hydrogens (tertiary/aromatic N) is 2. The Morgan fingerprint density at radius 3 is 2.64 bits per heavy atom. The van der Waals surface area contributed by atoms with Gasteiger partial charge in [0.25, 0.3) is 5.56 Å². The number of benzene rings is 2. The maximum Gasteiger partial charge on any atom is 0.258 e. The molecule has 6 nitrogen and oxygen atoms in total. The summed E-state index contributed by atoms with van der Waals surface area (Å²) in [5.74, 6) is 1.09. The molecule has 0 amide bonds. The van der Waals surface area contributed by atoms with Crippen LogP contribution in [-0.4, -0.2) is 29.2 Å². The van der Waals surface area contributed by atoms with Crippen LogP contribution < -0.4 is 15.0 Å². The van der Waals surface area contributed by atoms with E-state index in [1.165, 1.54) is 20.3 Å². The minimum Gasteiger partial charge on any atom is -0.493 e. The normalized spacial score (nSPS) is 11.1. The van der Waals surface area contributed by atoms with Crippen molar-refractivity contribution in [3.05, 3.63) is 68.6 Å². The van der Waals surface area contributed by atoms with Gasteiger partial charge >= 0.3 is 0 Å². The van der Waals surface area contributed by atoms with Gasteiger partial charge in [0.05, 0.1) is 35.1 Å². The van der Waals surface area contributed by atoms with E-state index in [1.807, 2.05) is 6.07 Å². The standard InChI is InChI=1S/C20H15BrFN3O3/c1-27-15-7-12-14(8-16(15)28-2)24-17(25-20(12)26)6-10-5-11-3-4-13(22)18(21)19(11)23-9-10/h3-5,7-9H,6H2,1-2H3,(H,24,25,26). The van der Waals surface area contributed by atoms with E-state index >= 15 is 0 Å². The Hall–Kier alpha value is -3.00. The molecule has 0 atom stereocenters. The molecule has 0 radical (unpaired) electrons. The van der Waals surface area contributed by atoms with Crippen molar-refractivity contribution in [1.29, 1.82) is 0 Å². The number of halogens is 2. The molecule has 0 fully saturated rings. The monoisotopic (exact) mass is 443 g/mol. The summed E-state index contributed by atoms with van der Waals surface area (Å²) in [6.45, 7) is 0. The molecule has 0 spiro atoms. The molecule has 0 aliphatic heterocycles. The lowest BCUT2D eigenvalue weighted by molar-refractivity contribution is 0.355. The molecule has 0 unspecified atom stereocenters. The lowest BCUT2D eigenvalue weighted by atomic mass is 10.1. The van der Waals surface area contributed by atoms with Crippen LogP contribution in [0.5, 0.6) is 11.5 Å². The largest absolute Gasteiger partial charge is 0.493 e. The van der Waals surface area contributed by atoms with Gasteiger partial charge in [-0.1, -0.05) is 0 Å². The van der Waals surface area contributed by atoms with Crippen LogP contribution in [0, 0.1) is 5.82 Å². The lowest BCUT2D eigenvalue weighted by Crippen LogP contribution is -2.12. The summed E-state index contributed by atoms with van der Waals surface area (Å²) in [4.78, 5) is 24.2. The summed E-state index contributed by atoms with van der Waals surface area (Å²) in [7, 11) is 3.04. The lowest BCUT2D eigenvalue weighted by Gasteiger charge is -2.09. The minimum absolute atomic E-state index is 0.264. The first-order valence-electron chi connectivity index (χ1n) is 8.37. The van der Waals surface area contributed by atoms with E-state index in [-0.39, 0.29) is 11.4 Å². The zero-order valence-electron chi connectivity index (χ0n) is 15.0. The van der Waals surface area contributed by atoms with Gasteiger partial charge < -0.3 is 14.5 Å². The average molecular weight is 444 g/mol. The number of rotatable bonds is 4. The van der Waals surface area contributed by atoms with E-state index in [9.17, 15) is 9.18 Å². The van der Waals surface area contributed by atoms with E-state index < -0.39 is 0 Å². The van der Waals surface area contributed by atoms with Gasteiger partial charge in [0.15, 0.2) is 11.5 Å². The Morgan fingerprint density at radius 1 is 1.14 bits per heavy atom. The van der Waals surface area contributed by atoms with Crippen LogP contribution in [0.1, 0.15) is 11.4 Å². The Balaban J connectivity index is 1.76. The van der Waals surface area contributed by atoms with Crippen molar-refractivity contribution in [3.8, 4) is 11.5 Å². The Bertz CT molecular complexity index is 1270. The number of hydrogen-bond donors (Lipinski definition) is 1. The topological polar surface area (TPSA) is 77.1 Å². The van der Waals surface area contributed by atoms with Crippen molar-refractivity contribution in [2.24, 2.45) is 0 Å². The molecule has 4 aromatic rings. The summed E-state index contributed by atoms with van der Waals surface area (Å²) in [6.07, 6.45) is 2.02. The van der Waals surface area contributed by atoms with Crippen molar-refractivity contribution >= 4 is 37.7 Å². The van der Waals surface area contributed by atoms with Crippen LogP contribution in [0.2, 0.25) is 0 Å². The summed E-state index contributed by atoms with van der Waals surface area (Å²) in [5.41, 5.74) is 1.63. The Kier molecular flexibility index (Phi) is 4.72. The van der Waals surface area contributed by atoms with E-state index in [2.05, 4.69) is 30.9 Å². The highest BCUT2D eigenvalue weighted by Gasteiger charge is 2.12. The molecule has 4 rings (SSSR count). The van der Waals surface area contributed by atoms with Gasteiger partial charge in [0.2, 0.25) is 0 Å². The van der Waals surface area contributed by atoms with Gasteiger partial charge in [-0.15, -0.1) is 0 Å². The highest BCUT2D eigenvalue weighted by atomic mass is 79.9. The van der Waals surface area contributed by atoms with Gasteiger partial charge in [-0.25, -0.2) is 9.37 Å². The van der Waals surface area contributed by atoms with Gasteiger partial charge in [-0.3, -0.25) is 9.78 Å². The third kappa shape index (κ3) is 3.20. The maximum absolute atomic E-state index is 13.6. The molecule has 8 heteroatoms. The van der Waals surface area contributed by atoms with Gasteiger partial charge in [-0.2, -0.15) is 0 Å². The number of nitrogens with one attached hydrogen (secondary N) is 1. The number of fused-ring (bicyclic) bond motifs is 2. The SMILES string of the molecule is COc1cc2nc(Cc3cnc4c(Br)c(F)ccc4c3)[nH]c(=O)c2cc1OC. The maximum atomic E-state index is 13.6. The number of aromatic nitrogens is 3. The molecule has 2 heterocycles. The van der Waals surface area contributed by atoms with E-state index in [1.54, 1.807) is 24.4 Å². The van der Waals surface area contributed by atoms with Crippen LogP contribution in [0.15, 0.2) is 45.8 Å². The van der Waals surface area contributed by atoms with Crippen molar-refractivity contribution in [3.63, 3.8) is 0 Å². The second kappa shape index (κ2) is 7.20. The predicted molar refractivity (Wildman–Crippen MR) is 108 cm³/mol. The second-order valence-electron chi connectivity index (χ2n) is 6.19. The number of aromatic amines is 1. The molecule has 0 saturated heterocycles. The van der Waals surface area contributed by atoms with Gasteiger partial charge in [-0.05, 0) is 45.8 Å². The zero-order valence-corrected chi connectivity index (χ0v) is 16.6. The fourth-order valence-corrected chi connectivity index (χ4v) is 3.54. The third-order valence-corrected chi connectivity index (χ3v) is 5.19. The van der Waals surface area contributed by atoms with Crippen LogP contribution in [0.3, 0.4) is 0 Å². The first-order valence-corrected chi connectivity index (χ1v) is 9.17. The summed E-state index contributed by atoms with van der Waals surface area (Å²) in [6, 6.07) is 8.22. The summed E-state index contributed by atoms with van der Waals surface area (Å²) >= 11 is 3.21. The molecular formula is C20H15BrFN3O3. The zero-order chi connectivity index (χ0) is 19.8. The van der Waals surface area contributed by atoms with Crippen LogP contribution in [-0.2, 0) is 6.42 Å². The van der Waals surface area contributed by atoms with E-state index in [0.29, 0.717) is 44.6 Å². The van der Waals surface area contributed by atoms with E-state index in [4.69, 9.17) is 9.47 Å². The minimum atomic E-state index is -0.363. The molecule has 28 heavy (non-hydrogen) atoms. The molecule has 142 valence electrons. The molecule has 2 aromatic heterocycles. The number of H-pyrrole nitrogens is 1. The van der Waals surface area contributed by atoms with Crippen LogP contribution >= 0.6 is 15.9 Å². The third-order valence-electron chi connectivity index (χ3n) is 4.43. The molecule has 0 saturated carbocycles. The van der Waals surface area contributed by atoms with Crippen LogP contribution in [0.25, 0.3) is 21.8 Å². The van der Waals surface area contributed by atoms with E-state index in [0.717, 1.165) is 10.9 Å². The van der Waals surface area contributed by atoms with Crippen LogP contribution in [0.4, 0.5) is 4.39 Å². The second-order valence-corrected chi connectivity index (χ2v) is 6.98. The quantitative estimate of drug-likeness (QED) is 0.516. The summed E-state index contributed by atoms with van der Waals surface area (Å²) < 4.78 is 24.5. The predicted octanol–water partition coefficient (Wildman–Crippen LogP) is 3.98. The first-order chi connectivity index (χ1) is 13.5. The number of ether oxygens (including phenoxy) is 2. The van der Waals surface area contributed by atoms with Crippen molar-refractivity contribution < 1.29 is 13.9 Å². The number of hydrogen-bond acceptors (Lipinski definition) is 5. The molecule has 0 bridgehead atoms.